The lowest BCUT2D eigenvalue weighted by Crippen LogP contribution is -2.37. The monoisotopic (exact) mass is 459 g/mol. The van der Waals surface area contributed by atoms with E-state index in [1.807, 2.05) is 30.3 Å². The van der Waals surface area contributed by atoms with Crippen LogP contribution in [-0.4, -0.2) is 55.8 Å². The largest absolute Gasteiger partial charge is 0.378 e. The van der Waals surface area contributed by atoms with Crippen molar-refractivity contribution in [1.82, 2.24) is 5.43 Å². The van der Waals surface area contributed by atoms with Crippen molar-refractivity contribution >= 4 is 45.9 Å². The summed E-state index contributed by atoms with van der Waals surface area (Å²) in [7, 11) is 0. The second-order valence-electron chi connectivity index (χ2n) is 7.96. The van der Waals surface area contributed by atoms with E-state index < -0.39 is 10.8 Å². The third-order valence-corrected chi connectivity index (χ3v) is 5.92. The lowest BCUT2D eigenvalue weighted by Gasteiger charge is -2.29. The van der Waals surface area contributed by atoms with Gasteiger partial charge in [-0.05, 0) is 23.6 Å². The van der Waals surface area contributed by atoms with E-state index in [9.17, 15) is 19.7 Å². The SMILES string of the molecule is O=C(CN1C(=O)c2cccc3cccc1c23)N/N=C\c1cc([N+](=O)[O-])ccc1N1CCOCC1. The van der Waals surface area contributed by atoms with Crippen molar-refractivity contribution in [3.8, 4) is 0 Å². The molecule has 0 radical (unpaired) electrons. The maximum Gasteiger partial charge on any atom is 0.270 e. The molecule has 10 heteroatoms. The predicted molar refractivity (Wildman–Crippen MR) is 127 cm³/mol. The molecule has 3 aromatic rings. The minimum Gasteiger partial charge on any atom is -0.378 e. The minimum absolute atomic E-state index is 0.0710. The standard InChI is InChI=1S/C24H21N5O5/c30-22(15-28-21-6-2-4-16-3-1-5-19(23(16)21)24(28)31)26-25-14-17-13-18(29(32)33)7-8-20(17)27-9-11-34-12-10-27/h1-8,13-14H,9-12,15H2,(H,26,30)/b25-14-. The Labute approximate surface area is 194 Å². The number of benzene rings is 3. The highest BCUT2D eigenvalue weighted by molar-refractivity contribution is 6.26. The van der Waals surface area contributed by atoms with E-state index in [0.717, 1.165) is 16.5 Å². The van der Waals surface area contributed by atoms with Crippen LogP contribution in [0.1, 0.15) is 15.9 Å². The highest BCUT2D eigenvalue weighted by Gasteiger charge is 2.30. The fourth-order valence-corrected chi connectivity index (χ4v) is 4.34. The lowest BCUT2D eigenvalue weighted by molar-refractivity contribution is -0.384. The Hall–Kier alpha value is -4.31. The molecule has 1 saturated heterocycles. The maximum absolute atomic E-state index is 12.9. The molecule has 2 heterocycles. The van der Waals surface area contributed by atoms with E-state index in [2.05, 4.69) is 15.4 Å². The molecule has 3 aromatic carbocycles. The summed E-state index contributed by atoms with van der Waals surface area (Å²) in [6, 6.07) is 15.6. The Balaban J connectivity index is 1.32. The lowest BCUT2D eigenvalue weighted by atomic mass is 10.1. The van der Waals surface area contributed by atoms with E-state index in [1.54, 1.807) is 12.1 Å². The number of hydrogen-bond donors (Lipinski definition) is 1. The number of nitrogens with one attached hydrogen (secondary N) is 1. The first-order valence-corrected chi connectivity index (χ1v) is 10.8. The van der Waals surface area contributed by atoms with Gasteiger partial charge in [0.15, 0.2) is 0 Å². The predicted octanol–water partition coefficient (Wildman–Crippen LogP) is 2.70. The summed E-state index contributed by atoms with van der Waals surface area (Å²) in [6.45, 7) is 2.21. The van der Waals surface area contributed by atoms with Gasteiger partial charge in [0.25, 0.3) is 17.5 Å². The molecule has 2 aliphatic heterocycles. The molecule has 0 spiro atoms. The molecule has 0 bridgehead atoms. The van der Waals surface area contributed by atoms with Gasteiger partial charge in [0.05, 0.1) is 30.0 Å². The van der Waals surface area contributed by atoms with Gasteiger partial charge in [0.1, 0.15) is 6.54 Å². The van der Waals surface area contributed by atoms with Gasteiger partial charge < -0.3 is 9.64 Å². The fourth-order valence-electron chi connectivity index (χ4n) is 4.34. The van der Waals surface area contributed by atoms with Crippen LogP contribution in [0, 0.1) is 10.1 Å². The quantitative estimate of drug-likeness (QED) is 0.344. The smallest absolute Gasteiger partial charge is 0.270 e. The third kappa shape index (κ3) is 3.95. The maximum atomic E-state index is 12.9. The first-order chi connectivity index (χ1) is 16.5. The Morgan fingerprint density at radius 3 is 2.65 bits per heavy atom. The van der Waals surface area contributed by atoms with Gasteiger partial charge in [0, 0.05) is 47.4 Å². The Morgan fingerprint density at radius 1 is 1.12 bits per heavy atom. The first kappa shape index (κ1) is 21.5. The van der Waals surface area contributed by atoms with Crippen LogP contribution in [0.2, 0.25) is 0 Å². The van der Waals surface area contributed by atoms with Crippen molar-refractivity contribution in [2.75, 3.05) is 42.6 Å². The number of non-ortho nitro benzene ring substituents is 1. The van der Waals surface area contributed by atoms with Crippen molar-refractivity contribution in [1.29, 1.82) is 0 Å². The van der Waals surface area contributed by atoms with Crippen molar-refractivity contribution < 1.29 is 19.2 Å². The molecular formula is C24H21N5O5. The van der Waals surface area contributed by atoms with Gasteiger partial charge in [-0.15, -0.1) is 0 Å². The molecule has 0 aliphatic carbocycles. The van der Waals surface area contributed by atoms with Gasteiger partial charge in [-0.3, -0.25) is 24.6 Å². The number of hydrogen-bond acceptors (Lipinski definition) is 7. The second-order valence-corrected chi connectivity index (χ2v) is 7.96. The highest BCUT2D eigenvalue weighted by Crippen LogP contribution is 2.36. The topological polar surface area (TPSA) is 117 Å². The van der Waals surface area contributed by atoms with Gasteiger partial charge in [-0.1, -0.05) is 24.3 Å². The molecule has 2 aliphatic rings. The summed E-state index contributed by atoms with van der Waals surface area (Å²) in [6.07, 6.45) is 1.39. The average molecular weight is 459 g/mol. The number of rotatable bonds is 6. The van der Waals surface area contributed by atoms with E-state index in [-0.39, 0.29) is 18.1 Å². The number of hydrazone groups is 1. The van der Waals surface area contributed by atoms with Crippen LogP contribution < -0.4 is 15.2 Å². The van der Waals surface area contributed by atoms with E-state index in [0.29, 0.717) is 43.1 Å². The molecule has 0 aromatic heterocycles. The second kappa shape index (κ2) is 8.91. The summed E-state index contributed by atoms with van der Waals surface area (Å²) >= 11 is 0. The molecule has 0 saturated carbocycles. The molecular weight excluding hydrogens is 438 g/mol. The molecule has 0 unspecified atom stereocenters. The normalized spacial score (nSPS) is 15.4. The van der Waals surface area contributed by atoms with E-state index in [1.165, 1.54) is 23.2 Å². The Bertz CT molecular complexity index is 1330. The zero-order valence-electron chi connectivity index (χ0n) is 18.1. The number of carbonyl (C=O) groups excluding carboxylic acids is 2. The summed E-state index contributed by atoms with van der Waals surface area (Å²) in [5.41, 5.74) is 4.89. The van der Waals surface area contributed by atoms with Crippen molar-refractivity contribution in [3.63, 3.8) is 0 Å². The molecule has 0 atom stereocenters. The number of morpholine rings is 1. The summed E-state index contributed by atoms with van der Waals surface area (Å²) < 4.78 is 5.38. The molecule has 5 rings (SSSR count). The van der Waals surface area contributed by atoms with Gasteiger partial charge in [0.2, 0.25) is 0 Å². The van der Waals surface area contributed by atoms with Crippen LogP contribution >= 0.6 is 0 Å². The van der Waals surface area contributed by atoms with Crippen LogP contribution in [0.25, 0.3) is 10.8 Å². The summed E-state index contributed by atoms with van der Waals surface area (Å²) in [5.74, 6) is -0.716. The Kier molecular flexibility index (Phi) is 5.64. The number of nitro groups is 1. The Morgan fingerprint density at radius 2 is 1.88 bits per heavy atom. The fraction of sp³-hybridized carbons (Fsp3) is 0.208. The summed E-state index contributed by atoms with van der Waals surface area (Å²) in [5, 5.41) is 17.0. The summed E-state index contributed by atoms with van der Waals surface area (Å²) in [4.78, 5) is 39.7. The van der Waals surface area contributed by atoms with Crippen LogP contribution in [0.15, 0.2) is 59.7 Å². The average Bonchev–Trinajstić information content (AvgIpc) is 3.12. The zero-order chi connectivity index (χ0) is 23.7. The molecule has 1 fully saturated rings. The number of anilines is 2. The molecule has 10 nitrogen and oxygen atoms in total. The number of ether oxygens (including phenoxy) is 1. The number of carbonyl (C=O) groups is 2. The van der Waals surface area contributed by atoms with Crippen LogP contribution in [0.4, 0.5) is 17.1 Å². The number of nitrogens with zero attached hydrogens (tertiary/aromatic N) is 4. The van der Waals surface area contributed by atoms with Crippen molar-refractivity contribution in [2.24, 2.45) is 5.10 Å². The molecule has 34 heavy (non-hydrogen) atoms. The van der Waals surface area contributed by atoms with E-state index in [4.69, 9.17) is 4.74 Å². The van der Waals surface area contributed by atoms with Gasteiger partial charge >= 0.3 is 0 Å². The van der Waals surface area contributed by atoms with Crippen LogP contribution in [0.3, 0.4) is 0 Å². The molecule has 2 amide bonds. The van der Waals surface area contributed by atoms with Crippen molar-refractivity contribution in [3.05, 3.63) is 75.8 Å². The van der Waals surface area contributed by atoms with Crippen LogP contribution in [0.5, 0.6) is 0 Å². The first-order valence-electron chi connectivity index (χ1n) is 10.8. The molecule has 172 valence electrons. The highest BCUT2D eigenvalue weighted by atomic mass is 16.6. The third-order valence-electron chi connectivity index (χ3n) is 5.92. The van der Waals surface area contributed by atoms with Crippen molar-refractivity contribution in [2.45, 2.75) is 0 Å². The van der Waals surface area contributed by atoms with Gasteiger partial charge in [-0.25, -0.2) is 5.43 Å². The number of nitro benzene ring substituents is 1. The number of amides is 2. The molecule has 1 N–H and O–H groups in total. The van der Waals surface area contributed by atoms with Crippen LogP contribution in [-0.2, 0) is 9.53 Å². The minimum atomic E-state index is -0.479. The van der Waals surface area contributed by atoms with Gasteiger partial charge in [-0.2, -0.15) is 5.10 Å². The zero-order valence-corrected chi connectivity index (χ0v) is 18.1. The van der Waals surface area contributed by atoms with E-state index >= 15 is 0 Å².